The Hall–Kier alpha value is -1.88. The van der Waals surface area contributed by atoms with Crippen LogP contribution in [0.2, 0.25) is 0 Å². The van der Waals surface area contributed by atoms with Gasteiger partial charge in [-0.05, 0) is 44.5 Å². The topological polar surface area (TPSA) is 58.4 Å². The summed E-state index contributed by atoms with van der Waals surface area (Å²) in [4.78, 5) is 16.6. The maximum Gasteiger partial charge on any atom is 0.223 e. The zero-order chi connectivity index (χ0) is 13.9. The second kappa shape index (κ2) is 5.63. The van der Waals surface area contributed by atoms with Crippen molar-refractivity contribution in [3.63, 3.8) is 0 Å². The first-order valence-electron chi connectivity index (χ1n) is 7.15. The van der Waals surface area contributed by atoms with Crippen LogP contribution in [0.25, 0.3) is 5.65 Å². The molecule has 0 bridgehead atoms. The van der Waals surface area contributed by atoms with Gasteiger partial charge < -0.3 is 15.0 Å². The van der Waals surface area contributed by atoms with Crippen LogP contribution >= 0.6 is 0 Å². The van der Waals surface area contributed by atoms with Crippen molar-refractivity contribution in [3.8, 4) is 0 Å². The third-order valence-electron chi connectivity index (χ3n) is 3.88. The normalized spacial score (nSPS) is 16.4. The number of nitrogens with zero attached hydrogens (tertiary/aromatic N) is 2. The van der Waals surface area contributed by atoms with Crippen molar-refractivity contribution in [2.24, 2.45) is 5.92 Å². The molecule has 2 aromatic rings. The molecule has 0 aliphatic carbocycles. The Morgan fingerprint density at radius 2 is 2.30 bits per heavy atom. The number of carbonyl (C=O) groups excluding carboxylic acids is 1. The number of amides is 1. The maximum absolute atomic E-state index is 12.1. The van der Waals surface area contributed by atoms with E-state index in [9.17, 15) is 4.79 Å². The van der Waals surface area contributed by atoms with Gasteiger partial charge in [0.2, 0.25) is 5.91 Å². The molecule has 1 aliphatic heterocycles. The van der Waals surface area contributed by atoms with Gasteiger partial charge >= 0.3 is 0 Å². The molecule has 1 amide bonds. The number of aryl methyl sites for hydroxylation is 1. The first-order valence-corrected chi connectivity index (χ1v) is 7.15. The van der Waals surface area contributed by atoms with Gasteiger partial charge in [0.05, 0.1) is 12.2 Å². The maximum atomic E-state index is 12.1. The molecule has 0 unspecified atom stereocenters. The van der Waals surface area contributed by atoms with E-state index in [0.717, 1.165) is 42.8 Å². The zero-order valence-electron chi connectivity index (χ0n) is 11.7. The van der Waals surface area contributed by atoms with Crippen LogP contribution in [-0.2, 0) is 11.3 Å². The van der Waals surface area contributed by atoms with Crippen molar-refractivity contribution in [3.05, 3.63) is 35.8 Å². The summed E-state index contributed by atoms with van der Waals surface area (Å²) < 4.78 is 2.00. The highest BCUT2D eigenvalue weighted by molar-refractivity contribution is 5.78. The largest absolute Gasteiger partial charge is 0.350 e. The molecule has 0 saturated carbocycles. The fraction of sp³-hybridized carbons (Fsp3) is 0.467. The average Bonchev–Trinajstić information content (AvgIpc) is 2.90. The lowest BCUT2D eigenvalue weighted by molar-refractivity contribution is -0.125. The van der Waals surface area contributed by atoms with Crippen LogP contribution in [0.4, 0.5) is 0 Å². The molecule has 2 N–H and O–H groups in total. The van der Waals surface area contributed by atoms with E-state index >= 15 is 0 Å². The van der Waals surface area contributed by atoms with E-state index in [1.807, 2.05) is 35.9 Å². The lowest BCUT2D eigenvalue weighted by Gasteiger charge is -2.21. The van der Waals surface area contributed by atoms with Crippen molar-refractivity contribution in [1.29, 1.82) is 0 Å². The summed E-state index contributed by atoms with van der Waals surface area (Å²) in [5.41, 5.74) is 3.00. The lowest BCUT2D eigenvalue weighted by Crippen LogP contribution is -2.37. The number of hydrogen-bond donors (Lipinski definition) is 2. The second-order valence-electron chi connectivity index (χ2n) is 5.40. The minimum absolute atomic E-state index is 0.148. The van der Waals surface area contributed by atoms with Crippen LogP contribution < -0.4 is 10.6 Å². The number of imidazole rings is 1. The number of hydrogen-bond acceptors (Lipinski definition) is 3. The van der Waals surface area contributed by atoms with Crippen LogP contribution in [0.5, 0.6) is 0 Å². The van der Waals surface area contributed by atoms with Crippen molar-refractivity contribution in [2.75, 3.05) is 13.1 Å². The van der Waals surface area contributed by atoms with Gasteiger partial charge in [-0.15, -0.1) is 0 Å². The first-order chi connectivity index (χ1) is 9.74. The smallest absolute Gasteiger partial charge is 0.223 e. The molecule has 5 heteroatoms. The van der Waals surface area contributed by atoms with E-state index in [0.29, 0.717) is 6.54 Å². The average molecular weight is 272 g/mol. The van der Waals surface area contributed by atoms with Crippen LogP contribution in [-0.4, -0.2) is 28.4 Å². The predicted octanol–water partition coefficient (Wildman–Crippen LogP) is 1.26. The Bertz CT molecular complexity index is 613. The summed E-state index contributed by atoms with van der Waals surface area (Å²) >= 11 is 0. The summed E-state index contributed by atoms with van der Waals surface area (Å²) in [6.45, 7) is 4.42. The first kappa shape index (κ1) is 13.1. The summed E-state index contributed by atoms with van der Waals surface area (Å²) in [7, 11) is 0. The number of aromatic nitrogens is 2. The van der Waals surface area contributed by atoms with Crippen molar-refractivity contribution >= 4 is 11.6 Å². The fourth-order valence-electron chi connectivity index (χ4n) is 2.70. The SMILES string of the molecule is Cc1cccn2cc(CNC(=O)C3CCNCC3)nc12. The quantitative estimate of drug-likeness (QED) is 0.884. The summed E-state index contributed by atoms with van der Waals surface area (Å²) in [5.74, 6) is 0.301. The Balaban J connectivity index is 1.64. The minimum Gasteiger partial charge on any atom is -0.350 e. The third-order valence-corrected chi connectivity index (χ3v) is 3.88. The molecule has 5 nitrogen and oxygen atoms in total. The van der Waals surface area contributed by atoms with Gasteiger partial charge in [0.15, 0.2) is 0 Å². The monoisotopic (exact) mass is 272 g/mol. The molecule has 20 heavy (non-hydrogen) atoms. The van der Waals surface area contributed by atoms with Crippen molar-refractivity contribution < 1.29 is 4.79 Å². The van der Waals surface area contributed by atoms with Crippen molar-refractivity contribution in [1.82, 2.24) is 20.0 Å². The van der Waals surface area contributed by atoms with Crippen LogP contribution in [0, 0.1) is 12.8 Å². The van der Waals surface area contributed by atoms with E-state index in [2.05, 4.69) is 15.6 Å². The number of pyridine rings is 1. The Morgan fingerprint density at radius 3 is 3.05 bits per heavy atom. The highest BCUT2D eigenvalue weighted by Gasteiger charge is 2.20. The van der Waals surface area contributed by atoms with Crippen LogP contribution in [0.15, 0.2) is 24.5 Å². The molecular weight excluding hydrogens is 252 g/mol. The van der Waals surface area contributed by atoms with Gasteiger partial charge in [-0.25, -0.2) is 4.98 Å². The third kappa shape index (κ3) is 2.67. The van der Waals surface area contributed by atoms with Gasteiger partial charge in [-0.3, -0.25) is 4.79 Å². The van der Waals surface area contributed by atoms with E-state index in [1.54, 1.807) is 0 Å². The standard InChI is InChI=1S/C15H20N4O/c1-11-3-2-8-19-10-13(18-14(11)19)9-17-15(20)12-4-6-16-7-5-12/h2-3,8,10,12,16H,4-7,9H2,1H3,(H,17,20). The van der Waals surface area contributed by atoms with E-state index < -0.39 is 0 Å². The van der Waals surface area contributed by atoms with Gasteiger partial charge in [0.1, 0.15) is 5.65 Å². The number of piperidine rings is 1. The number of carbonyl (C=O) groups is 1. The predicted molar refractivity (Wildman–Crippen MR) is 77.4 cm³/mol. The molecule has 0 spiro atoms. The summed E-state index contributed by atoms with van der Waals surface area (Å²) in [6.07, 6.45) is 5.81. The molecule has 1 aliphatic rings. The second-order valence-corrected chi connectivity index (χ2v) is 5.40. The van der Waals surface area contributed by atoms with Gasteiger partial charge in [0, 0.05) is 18.3 Å². The highest BCUT2D eigenvalue weighted by Crippen LogP contribution is 2.13. The Labute approximate surface area is 118 Å². The number of rotatable bonds is 3. The number of fused-ring (bicyclic) bond motifs is 1. The van der Waals surface area contributed by atoms with Crippen LogP contribution in [0.1, 0.15) is 24.1 Å². The van der Waals surface area contributed by atoms with E-state index in [4.69, 9.17) is 0 Å². The molecular formula is C15H20N4O. The van der Waals surface area contributed by atoms with Gasteiger partial charge in [-0.2, -0.15) is 0 Å². The zero-order valence-corrected chi connectivity index (χ0v) is 11.7. The van der Waals surface area contributed by atoms with E-state index in [1.165, 1.54) is 0 Å². The molecule has 1 fully saturated rings. The van der Waals surface area contributed by atoms with Gasteiger partial charge in [0.25, 0.3) is 0 Å². The summed E-state index contributed by atoms with van der Waals surface area (Å²) in [6, 6.07) is 4.04. The molecule has 2 aromatic heterocycles. The molecule has 3 heterocycles. The fourth-order valence-corrected chi connectivity index (χ4v) is 2.70. The van der Waals surface area contributed by atoms with Gasteiger partial charge in [-0.1, -0.05) is 6.07 Å². The van der Waals surface area contributed by atoms with E-state index in [-0.39, 0.29) is 11.8 Å². The van der Waals surface area contributed by atoms with Crippen LogP contribution in [0.3, 0.4) is 0 Å². The highest BCUT2D eigenvalue weighted by atomic mass is 16.1. The Morgan fingerprint density at radius 1 is 1.50 bits per heavy atom. The molecule has 3 rings (SSSR count). The molecule has 0 radical (unpaired) electrons. The lowest BCUT2D eigenvalue weighted by atomic mass is 9.97. The Kier molecular flexibility index (Phi) is 3.69. The molecule has 0 aromatic carbocycles. The molecule has 106 valence electrons. The van der Waals surface area contributed by atoms with Crippen molar-refractivity contribution in [2.45, 2.75) is 26.3 Å². The minimum atomic E-state index is 0.148. The summed E-state index contributed by atoms with van der Waals surface area (Å²) in [5, 5.41) is 6.28. The number of nitrogens with one attached hydrogen (secondary N) is 2. The molecule has 1 saturated heterocycles. The molecule has 0 atom stereocenters.